The Kier molecular flexibility index (Phi) is 5.93. The number of rotatable bonds is 4. The van der Waals surface area contributed by atoms with Crippen LogP contribution in [0.5, 0.6) is 0 Å². The van der Waals surface area contributed by atoms with Gasteiger partial charge in [-0.3, -0.25) is 14.3 Å². The van der Waals surface area contributed by atoms with Crippen molar-refractivity contribution in [3.05, 3.63) is 59.2 Å². The summed E-state index contributed by atoms with van der Waals surface area (Å²) in [5.74, 6) is -0.235. The maximum atomic E-state index is 13.0. The van der Waals surface area contributed by atoms with Crippen LogP contribution < -0.4 is 4.72 Å². The second-order valence-electron chi connectivity index (χ2n) is 7.25. The van der Waals surface area contributed by atoms with Gasteiger partial charge in [0.15, 0.2) is 0 Å². The average molecular weight is 416 g/mol. The Labute approximate surface area is 171 Å². The van der Waals surface area contributed by atoms with E-state index in [1.807, 2.05) is 19.1 Å². The summed E-state index contributed by atoms with van der Waals surface area (Å²) < 4.78 is 28.1. The molecule has 0 unspecified atom stereocenters. The zero-order valence-corrected chi connectivity index (χ0v) is 17.6. The Bertz CT molecular complexity index is 1020. The predicted octanol–water partition coefficient (Wildman–Crippen LogP) is 2.41. The number of hydrogen-bond donors (Lipinski definition) is 1. The topological polar surface area (TPSA) is 86.8 Å². The van der Waals surface area contributed by atoms with Gasteiger partial charge in [0.2, 0.25) is 5.91 Å². The first-order chi connectivity index (χ1) is 13.7. The molecule has 0 aromatic heterocycles. The maximum absolute atomic E-state index is 13.0. The fourth-order valence-corrected chi connectivity index (χ4v) is 4.31. The number of nitrogens with one attached hydrogen (secondary N) is 1. The number of sulfonamides is 1. The predicted molar refractivity (Wildman–Crippen MR) is 111 cm³/mol. The van der Waals surface area contributed by atoms with Gasteiger partial charge in [-0.2, -0.15) is 0 Å². The minimum Gasteiger partial charge on any atom is -0.339 e. The van der Waals surface area contributed by atoms with Crippen LogP contribution >= 0.6 is 0 Å². The first kappa shape index (κ1) is 20.9. The molecule has 2 aromatic rings. The zero-order chi connectivity index (χ0) is 21.2. The van der Waals surface area contributed by atoms with Crippen LogP contribution in [0.4, 0.5) is 5.69 Å². The third-order valence-electron chi connectivity index (χ3n) is 5.07. The molecule has 1 aliphatic heterocycles. The van der Waals surface area contributed by atoms with Crippen LogP contribution in [0.1, 0.15) is 28.4 Å². The van der Waals surface area contributed by atoms with Crippen molar-refractivity contribution < 1.29 is 18.0 Å². The Hall–Kier alpha value is -2.87. The Morgan fingerprint density at radius 3 is 2.07 bits per heavy atom. The van der Waals surface area contributed by atoms with Crippen LogP contribution in [0.3, 0.4) is 0 Å². The summed E-state index contributed by atoms with van der Waals surface area (Å²) in [7, 11) is -3.82. The van der Waals surface area contributed by atoms with Crippen LogP contribution in [0.25, 0.3) is 0 Å². The molecular weight excluding hydrogens is 390 g/mol. The first-order valence-electron chi connectivity index (χ1n) is 9.42. The van der Waals surface area contributed by atoms with Crippen molar-refractivity contribution in [2.75, 3.05) is 30.9 Å². The third kappa shape index (κ3) is 4.76. The van der Waals surface area contributed by atoms with Gasteiger partial charge < -0.3 is 9.80 Å². The minimum atomic E-state index is -3.82. The average Bonchev–Trinajstić information content (AvgIpc) is 2.69. The van der Waals surface area contributed by atoms with Crippen LogP contribution in [0.2, 0.25) is 0 Å². The molecule has 0 aliphatic carbocycles. The molecule has 1 aliphatic rings. The second kappa shape index (κ2) is 8.24. The van der Waals surface area contributed by atoms with E-state index in [9.17, 15) is 18.0 Å². The Morgan fingerprint density at radius 2 is 1.48 bits per heavy atom. The number of carbonyl (C=O) groups is 2. The molecule has 0 saturated carbocycles. The lowest BCUT2D eigenvalue weighted by Gasteiger charge is -2.34. The molecule has 0 spiro atoms. The second-order valence-corrected chi connectivity index (χ2v) is 8.93. The summed E-state index contributed by atoms with van der Waals surface area (Å²) in [5, 5.41) is 0. The maximum Gasteiger partial charge on any atom is 0.261 e. The van der Waals surface area contributed by atoms with Crippen molar-refractivity contribution in [2.45, 2.75) is 25.7 Å². The van der Waals surface area contributed by atoms with Crippen LogP contribution in [0, 0.1) is 13.8 Å². The highest BCUT2D eigenvalue weighted by molar-refractivity contribution is 7.92. The van der Waals surface area contributed by atoms with Gasteiger partial charge in [0.1, 0.15) is 0 Å². The van der Waals surface area contributed by atoms with E-state index in [-0.39, 0.29) is 16.7 Å². The number of carbonyl (C=O) groups excluding carboxylic acids is 2. The molecule has 29 heavy (non-hydrogen) atoms. The van der Waals surface area contributed by atoms with Crippen LogP contribution in [-0.4, -0.2) is 56.2 Å². The highest BCUT2D eigenvalue weighted by Gasteiger charge is 2.25. The standard InChI is InChI=1S/C21H25N3O4S/c1-15-4-7-18(8-5-15)22-29(27,28)19-9-6-16(2)20(14-19)21(26)24-12-10-23(11-13-24)17(3)25/h4-9,14,22H,10-13H2,1-3H3. The van der Waals surface area contributed by atoms with Gasteiger partial charge >= 0.3 is 0 Å². The van der Waals surface area contributed by atoms with E-state index in [0.717, 1.165) is 5.56 Å². The molecule has 3 rings (SSSR count). The summed E-state index contributed by atoms with van der Waals surface area (Å²) >= 11 is 0. The van der Waals surface area contributed by atoms with E-state index in [4.69, 9.17) is 0 Å². The minimum absolute atomic E-state index is 0.0106. The summed E-state index contributed by atoms with van der Waals surface area (Å²) in [6, 6.07) is 11.6. The normalized spacial score (nSPS) is 14.6. The van der Waals surface area contributed by atoms with E-state index in [1.165, 1.54) is 19.1 Å². The Morgan fingerprint density at radius 1 is 0.897 bits per heavy atom. The van der Waals surface area contributed by atoms with Gasteiger partial charge in [0, 0.05) is 44.4 Å². The van der Waals surface area contributed by atoms with Gasteiger partial charge in [-0.05, 0) is 43.7 Å². The molecule has 1 heterocycles. The molecule has 1 fully saturated rings. The highest BCUT2D eigenvalue weighted by atomic mass is 32.2. The summed E-state index contributed by atoms with van der Waals surface area (Å²) in [5.41, 5.74) is 2.55. The van der Waals surface area contributed by atoms with Gasteiger partial charge in [-0.15, -0.1) is 0 Å². The van der Waals surface area contributed by atoms with Crippen molar-refractivity contribution in [1.82, 2.24) is 9.80 Å². The van der Waals surface area contributed by atoms with E-state index < -0.39 is 10.0 Å². The lowest BCUT2D eigenvalue weighted by molar-refractivity contribution is -0.130. The monoisotopic (exact) mass is 415 g/mol. The number of benzene rings is 2. The SMILES string of the molecule is CC(=O)N1CCN(C(=O)c2cc(S(=O)(=O)Nc3ccc(C)cc3)ccc2C)CC1. The summed E-state index contributed by atoms with van der Waals surface area (Å²) in [6.45, 7) is 7.03. The molecule has 2 aromatic carbocycles. The van der Waals surface area contributed by atoms with Gasteiger partial charge in [-0.1, -0.05) is 23.8 Å². The lowest BCUT2D eigenvalue weighted by atomic mass is 10.1. The number of hydrogen-bond acceptors (Lipinski definition) is 4. The molecule has 0 radical (unpaired) electrons. The van der Waals surface area contributed by atoms with Gasteiger partial charge in [0.25, 0.3) is 15.9 Å². The first-order valence-corrected chi connectivity index (χ1v) is 10.9. The van der Waals surface area contributed by atoms with Crippen molar-refractivity contribution in [3.8, 4) is 0 Å². The molecular formula is C21H25N3O4S. The van der Waals surface area contributed by atoms with Crippen molar-refractivity contribution >= 4 is 27.5 Å². The molecule has 7 nitrogen and oxygen atoms in total. The van der Waals surface area contributed by atoms with E-state index >= 15 is 0 Å². The van der Waals surface area contributed by atoms with E-state index in [2.05, 4.69) is 4.72 Å². The van der Waals surface area contributed by atoms with Crippen molar-refractivity contribution in [2.24, 2.45) is 0 Å². The zero-order valence-electron chi connectivity index (χ0n) is 16.8. The third-order valence-corrected chi connectivity index (χ3v) is 6.44. The van der Waals surface area contributed by atoms with E-state index in [0.29, 0.717) is 43.0 Å². The number of anilines is 1. The molecule has 0 bridgehead atoms. The molecule has 0 atom stereocenters. The van der Waals surface area contributed by atoms with Crippen LogP contribution in [0.15, 0.2) is 47.4 Å². The molecule has 2 amide bonds. The number of amides is 2. The molecule has 1 saturated heterocycles. The number of aryl methyl sites for hydroxylation is 2. The number of nitrogens with zero attached hydrogens (tertiary/aromatic N) is 2. The largest absolute Gasteiger partial charge is 0.339 e. The van der Waals surface area contributed by atoms with E-state index in [1.54, 1.807) is 34.9 Å². The fourth-order valence-electron chi connectivity index (χ4n) is 3.23. The highest BCUT2D eigenvalue weighted by Crippen LogP contribution is 2.21. The quantitative estimate of drug-likeness (QED) is 0.831. The van der Waals surface area contributed by atoms with Gasteiger partial charge in [0.05, 0.1) is 4.90 Å². The molecule has 1 N–H and O–H groups in total. The molecule has 154 valence electrons. The van der Waals surface area contributed by atoms with Gasteiger partial charge in [-0.25, -0.2) is 8.42 Å². The Balaban J connectivity index is 1.81. The lowest BCUT2D eigenvalue weighted by Crippen LogP contribution is -2.50. The van der Waals surface area contributed by atoms with Crippen molar-refractivity contribution in [3.63, 3.8) is 0 Å². The number of piperazine rings is 1. The fraction of sp³-hybridized carbons (Fsp3) is 0.333. The summed E-state index contributed by atoms with van der Waals surface area (Å²) in [4.78, 5) is 27.8. The van der Waals surface area contributed by atoms with Crippen LogP contribution in [-0.2, 0) is 14.8 Å². The smallest absolute Gasteiger partial charge is 0.261 e. The van der Waals surface area contributed by atoms with Crippen molar-refractivity contribution in [1.29, 1.82) is 0 Å². The summed E-state index contributed by atoms with van der Waals surface area (Å²) in [6.07, 6.45) is 0. The molecule has 8 heteroatoms.